The number of benzene rings is 2. The molecule has 0 aromatic heterocycles. The van der Waals surface area contributed by atoms with Gasteiger partial charge in [0.25, 0.3) is 15.9 Å². The van der Waals surface area contributed by atoms with E-state index in [0.717, 1.165) is 18.4 Å². The van der Waals surface area contributed by atoms with Gasteiger partial charge in [0.05, 0.1) is 4.90 Å². The maximum Gasteiger partial charge on any atom is 0.261 e. The molecule has 1 amide bonds. The summed E-state index contributed by atoms with van der Waals surface area (Å²) < 4.78 is 27.3. The van der Waals surface area contributed by atoms with Gasteiger partial charge >= 0.3 is 0 Å². The fraction of sp³-hybridized carbons (Fsp3) is 0.278. The Morgan fingerprint density at radius 3 is 2.21 bits per heavy atom. The summed E-state index contributed by atoms with van der Waals surface area (Å²) in [6.07, 6.45) is 1.92. The van der Waals surface area contributed by atoms with Crippen LogP contribution in [0.4, 0.5) is 5.69 Å². The average Bonchev–Trinajstić information content (AvgIpc) is 2.57. The summed E-state index contributed by atoms with van der Waals surface area (Å²) in [5.74, 6) is -0.195. The van der Waals surface area contributed by atoms with E-state index in [0.29, 0.717) is 17.8 Å². The highest BCUT2D eigenvalue weighted by Gasteiger charge is 2.15. The van der Waals surface area contributed by atoms with E-state index in [4.69, 9.17) is 0 Å². The molecule has 0 aliphatic carbocycles. The highest BCUT2D eigenvalue weighted by atomic mass is 32.2. The van der Waals surface area contributed by atoms with E-state index in [2.05, 4.69) is 10.0 Å². The molecule has 128 valence electrons. The summed E-state index contributed by atoms with van der Waals surface area (Å²) in [6.45, 7) is 4.60. The van der Waals surface area contributed by atoms with Crippen molar-refractivity contribution in [3.05, 3.63) is 59.7 Å². The molecular weight excluding hydrogens is 324 g/mol. The number of aryl methyl sites for hydroxylation is 1. The van der Waals surface area contributed by atoms with Crippen molar-refractivity contribution < 1.29 is 13.2 Å². The van der Waals surface area contributed by atoms with Crippen molar-refractivity contribution >= 4 is 21.6 Å². The third kappa shape index (κ3) is 4.83. The zero-order valence-electron chi connectivity index (χ0n) is 13.9. The molecule has 0 aliphatic rings. The van der Waals surface area contributed by atoms with Crippen LogP contribution >= 0.6 is 0 Å². The van der Waals surface area contributed by atoms with Crippen molar-refractivity contribution in [1.82, 2.24) is 5.32 Å². The van der Waals surface area contributed by atoms with Crippen LogP contribution in [0, 0.1) is 6.92 Å². The zero-order chi connectivity index (χ0) is 17.6. The van der Waals surface area contributed by atoms with E-state index in [1.165, 1.54) is 24.3 Å². The Labute approximate surface area is 143 Å². The second-order valence-electron chi connectivity index (χ2n) is 5.61. The van der Waals surface area contributed by atoms with Crippen LogP contribution in [-0.2, 0) is 10.0 Å². The van der Waals surface area contributed by atoms with Crippen LogP contribution in [0.25, 0.3) is 0 Å². The van der Waals surface area contributed by atoms with E-state index < -0.39 is 10.0 Å². The molecule has 0 saturated heterocycles. The molecular formula is C18H22N2O3S. The van der Waals surface area contributed by atoms with E-state index in [-0.39, 0.29) is 10.8 Å². The Bertz CT molecular complexity index is 782. The number of hydrogen-bond donors (Lipinski definition) is 2. The number of amides is 1. The van der Waals surface area contributed by atoms with Crippen LogP contribution in [0.5, 0.6) is 0 Å². The number of hydrogen-bond acceptors (Lipinski definition) is 3. The van der Waals surface area contributed by atoms with Crippen LogP contribution < -0.4 is 10.0 Å². The second kappa shape index (κ2) is 7.97. The standard InChI is InChI=1S/C18H22N2O3S/c1-3-4-13-19-18(21)15-7-11-17(12-8-15)24(22,23)20-16-9-5-14(2)6-10-16/h5-12,20H,3-4,13H2,1-2H3,(H,19,21). The van der Waals surface area contributed by atoms with Gasteiger partial charge in [0, 0.05) is 17.8 Å². The van der Waals surface area contributed by atoms with E-state index in [1.807, 2.05) is 26.0 Å². The number of rotatable bonds is 7. The number of carbonyl (C=O) groups is 1. The lowest BCUT2D eigenvalue weighted by Gasteiger charge is -2.09. The van der Waals surface area contributed by atoms with Gasteiger partial charge in [-0.25, -0.2) is 8.42 Å². The van der Waals surface area contributed by atoms with Crippen LogP contribution in [0.1, 0.15) is 35.7 Å². The molecule has 5 nitrogen and oxygen atoms in total. The fourth-order valence-electron chi connectivity index (χ4n) is 2.10. The Morgan fingerprint density at radius 2 is 1.62 bits per heavy atom. The van der Waals surface area contributed by atoms with Gasteiger partial charge in [-0.15, -0.1) is 0 Å². The molecule has 0 atom stereocenters. The Balaban J connectivity index is 2.08. The van der Waals surface area contributed by atoms with Crippen LogP contribution in [-0.4, -0.2) is 20.9 Å². The highest BCUT2D eigenvalue weighted by molar-refractivity contribution is 7.92. The molecule has 0 unspecified atom stereocenters. The van der Waals surface area contributed by atoms with E-state index in [9.17, 15) is 13.2 Å². The predicted octanol–water partition coefficient (Wildman–Crippen LogP) is 3.33. The van der Waals surface area contributed by atoms with E-state index in [1.54, 1.807) is 12.1 Å². The monoisotopic (exact) mass is 346 g/mol. The number of nitrogens with one attached hydrogen (secondary N) is 2. The first kappa shape index (κ1) is 18.0. The molecule has 2 aromatic carbocycles. The van der Waals surface area contributed by atoms with Crippen LogP contribution in [0.3, 0.4) is 0 Å². The predicted molar refractivity (Wildman–Crippen MR) is 95.7 cm³/mol. The van der Waals surface area contributed by atoms with Crippen LogP contribution in [0.2, 0.25) is 0 Å². The molecule has 0 radical (unpaired) electrons. The lowest BCUT2D eigenvalue weighted by Crippen LogP contribution is -2.24. The highest BCUT2D eigenvalue weighted by Crippen LogP contribution is 2.17. The molecule has 6 heteroatoms. The molecule has 0 saturated carbocycles. The maximum atomic E-state index is 12.4. The summed E-state index contributed by atoms with van der Waals surface area (Å²) >= 11 is 0. The first-order chi connectivity index (χ1) is 11.4. The molecule has 24 heavy (non-hydrogen) atoms. The summed E-state index contributed by atoms with van der Waals surface area (Å²) in [4.78, 5) is 12.0. The minimum absolute atomic E-state index is 0.119. The Morgan fingerprint density at radius 1 is 1.00 bits per heavy atom. The summed E-state index contributed by atoms with van der Waals surface area (Å²) in [5, 5.41) is 2.80. The second-order valence-corrected chi connectivity index (χ2v) is 7.29. The van der Waals surface area contributed by atoms with E-state index >= 15 is 0 Å². The van der Waals surface area contributed by atoms with Gasteiger partial charge in [-0.05, 0) is 49.7 Å². The van der Waals surface area contributed by atoms with Crippen molar-refractivity contribution in [2.45, 2.75) is 31.6 Å². The van der Waals surface area contributed by atoms with Crippen molar-refractivity contribution in [3.63, 3.8) is 0 Å². The third-order valence-electron chi connectivity index (χ3n) is 3.55. The summed E-state index contributed by atoms with van der Waals surface area (Å²) in [5.41, 5.74) is 2.00. The average molecular weight is 346 g/mol. The SMILES string of the molecule is CCCCNC(=O)c1ccc(S(=O)(=O)Nc2ccc(C)cc2)cc1. The molecule has 2 rings (SSSR count). The fourth-order valence-corrected chi connectivity index (χ4v) is 3.16. The van der Waals surface area contributed by atoms with Gasteiger partial charge in [0.15, 0.2) is 0 Å². The van der Waals surface area contributed by atoms with Gasteiger partial charge in [0.2, 0.25) is 0 Å². The number of carbonyl (C=O) groups excluding carboxylic acids is 1. The molecule has 2 aromatic rings. The van der Waals surface area contributed by atoms with Crippen molar-refractivity contribution in [1.29, 1.82) is 0 Å². The lowest BCUT2D eigenvalue weighted by atomic mass is 10.2. The Hall–Kier alpha value is -2.34. The summed E-state index contributed by atoms with van der Waals surface area (Å²) in [7, 11) is -3.67. The van der Waals surface area contributed by atoms with Gasteiger partial charge < -0.3 is 5.32 Å². The third-order valence-corrected chi connectivity index (χ3v) is 4.94. The van der Waals surface area contributed by atoms with Gasteiger partial charge in [-0.3, -0.25) is 9.52 Å². The normalized spacial score (nSPS) is 11.1. The number of sulfonamides is 1. The molecule has 0 fully saturated rings. The first-order valence-corrected chi connectivity index (χ1v) is 9.38. The molecule has 0 spiro atoms. The smallest absolute Gasteiger partial charge is 0.261 e. The molecule has 2 N–H and O–H groups in total. The largest absolute Gasteiger partial charge is 0.352 e. The lowest BCUT2D eigenvalue weighted by molar-refractivity contribution is 0.0953. The van der Waals surface area contributed by atoms with Crippen molar-refractivity contribution in [2.75, 3.05) is 11.3 Å². The quantitative estimate of drug-likeness (QED) is 0.755. The van der Waals surface area contributed by atoms with Gasteiger partial charge in [-0.1, -0.05) is 31.0 Å². The topological polar surface area (TPSA) is 75.3 Å². The summed E-state index contributed by atoms with van der Waals surface area (Å²) in [6, 6.07) is 13.0. The number of anilines is 1. The molecule has 0 bridgehead atoms. The van der Waals surface area contributed by atoms with Crippen molar-refractivity contribution in [3.8, 4) is 0 Å². The van der Waals surface area contributed by atoms with Crippen LogP contribution in [0.15, 0.2) is 53.4 Å². The maximum absolute atomic E-state index is 12.4. The minimum atomic E-state index is -3.67. The minimum Gasteiger partial charge on any atom is -0.352 e. The van der Waals surface area contributed by atoms with Crippen molar-refractivity contribution in [2.24, 2.45) is 0 Å². The Kier molecular flexibility index (Phi) is 5.98. The van der Waals surface area contributed by atoms with Gasteiger partial charge in [-0.2, -0.15) is 0 Å². The van der Waals surface area contributed by atoms with Gasteiger partial charge in [0.1, 0.15) is 0 Å². The molecule has 0 aliphatic heterocycles. The molecule has 0 heterocycles. The zero-order valence-corrected chi connectivity index (χ0v) is 14.7. The first-order valence-electron chi connectivity index (χ1n) is 7.90. The number of unbranched alkanes of at least 4 members (excludes halogenated alkanes) is 1.